The third-order valence-corrected chi connectivity index (χ3v) is 6.21. The minimum atomic E-state index is -4.40. The Morgan fingerprint density at radius 2 is 1.81 bits per heavy atom. The van der Waals surface area contributed by atoms with Crippen molar-refractivity contribution in [3.8, 4) is 0 Å². The van der Waals surface area contributed by atoms with Crippen LogP contribution in [0.1, 0.15) is 30.5 Å². The Labute approximate surface area is 181 Å². The van der Waals surface area contributed by atoms with E-state index in [9.17, 15) is 18.0 Å². The molecule has 31 heavy (non-hydrogen) atoms. The number of hydrogen-bond acceptors (Lipinski definition) is 3. The minimum absolute atomic E-state index is 0.0272. The van der Waals surface area contributed by atoms with E-state index in [4.69, 9.17) is 0 Å². The maximum Gasteiger partial charge on any atom is 0.416 e. The molecular weight excluding hydrogens is 403 g/mol. The van der Waals surface area contributed by atoms with Gasteiger partial charge in [-0.05, 0) is 63.1 Å². The van der Waals surface area contributed by atoms with E-state index >= 15 is 0 Å². The van der Waals surface area contributed by atoms with E-state index in [-0.39, 0.29) is 18.0 Å². The first kappa shape index (κ1) is 21.5. The van der Waals surface area contributed by atoms with E-state index in [1.54, 1.807) is 6.07 Å². The number of nitrogens with one attached hydrogen (secondary N) is 1. The van der Waals surface area contributed by atoms with Crippen LogP contribution in [-0.4, -0.2) is 37.6 Å². The lowest BCUT2D eigenvalue weighted by Crippen LogP contribution is -2.61. The molecule has 7 heteroatoms. The molecule has 4 nitrogen and oxygen atoms in total. The van der Waals surface area contributed by atoms with Crippen LogP contribution < -0.4 is 15.1 Å². The molecule has 2 aromatic rings. The second-order valence-corrected chi connectivity index (χ2v) is 8.86. The largest absolute Gasteiger partial charge is 0.416 e. The smallest absolute Gasteiger partial charge is 0.368 e. The lowest BCUT2D eigenvalue weighted by atomic mass is 9.82. The summed E-state index contributed by atoms with van der Waals surface area (Å²) >= 11 is 0. The zero-order valence-corrected chi connectivity index (χ0v) is 18.0. The summed E-state index contributed by atoms with van der Waals surface area (Å²) < 4.78 is 39.9. The molecule has 1 N–H and O–H groups in total. The van der Waals surface area contributed by atoms with Gasteiger partial charge < -0.3 is 15.1 Å². The molecule has 0 saturated carbocycles. The molecule has 1 amide bonds. The van der Waals surface area contributed by atoms with Gasteiger partial charge in [-0.15, -0.1) is 0 Å². The third-order valence-electron chi connectivity index (χ3n) is 6.21. The number of nitrogens with zero attached hydrogens (tertiary/aromatic N) is 2. The number of carbonyl (C=O) groups excluding carboxylic acids is 1. The van der Waals surface area contributed by atoms with Gasteiger partial charge in [-0.2, -0.15) is 13.2 Å². The lowest BCUT2D eigenvalue weighted by molar-refractivity contribution is -0.137. The van der Waals surface area contributed by atoms with Crippen molar-refractivity contribution in [2.45, 2.75) is 45.5 Å². The highest BCUT2D eigenvalue weighted by molar-refractivity contribution is 5.82. The summed E-state index contributed by atoms with van der Waals surface area (Å²) in [6, 6.07) is 12.1. The zero-order chi connectivity index (χ0) is 22.3. The number of hydrogen-bond donors (Lipinski definition) is 1. The fourth-order valence-corrected chi connectivity index (χ4v) is 4.68. The molecular formula is C24H28F3N3O. The number of anilines is 2. The van der Waals surface area contributed by atoms with Crippen molar-refractivity contribution in [3.05, 3.63) is 59.2 Å². The second-order valence-electron chi connectivity index (χ2n) is 8.86. The average molecular weight is 432 g/mol. The second kappa shape index (κ2) is 8.09. The van der Waals surface area contributed by atoms with E-state index in [0.29, 0.717) is 25.1 Å². The van der Waals surface area contributed by atoms with Crippen LogP contribution in [0.2, 0.25) is 0 Å². The maximum absolute atomic E-state index is 13.3. The Morgan fingerprint density at radius 1 is 1.10 bits per heavy atom. The summed E-state index contributed by atoms with van der Waals surface area (Å²) in [5.41, 5.74) is 3.04. The third kappa shape index (κ3) is 4.36. The van der Waals surface area contributed by atoms with Gasteiger partial charge in [0, 0.05) is 37.1 Å². The number of carbonyl (C=O) groups is 1. The van der Waals surface area contributed by atoms with Gasteiger partial charge >= 0.3 is 6.18 Å². The number of aryl methyl sites for hydroxylation is 1. The molecule has 1 fully saturated rings. The fourth-order valence-electron chi connectivity index (χ4n) is 4.68. The van der Waals surface area contributed by atoms with E-state index in [0.717, 1.165) is 24.0 Å². The molecule has 2 aliphatic heterocycles. The van der Waals surface area contributed by atoms with Crippen molar-refractivity contribution in [1.82, 2.24) is 5.32 Å². The highest BCUT2D eigenvalue weighted by atomic mass is 19.4. The summed E-state index contributed by atoms with van der Waals surface area (Å²) in [5, 5.41) is 2.98. The van der Waals surface area contributed by atoms with Gasteiger partial charge in [0.15, 0.2) is 0 Å². The van der Waals surface area contributed by atoms with Crippen molar-refractivity contribution in [2.75, 3.05) is 29.4 Å². The summed E-state index contributed by atoms with van der Waals surface area (Å²) in [5.74, 6) is -0.509. The van der Waals surface area contributed by atoms with Gasteiger partial charge in [0.2, 0.25) is 5.91 Å². The summed E-state index contributed by atoms with van der Waals surface area (Å²) in [7, 11) is 0. The monoisotopic (exact) mass is 431 g/mol. The van der Waals surface area contributed by atoms with Gasteiger partial charge in [0.25, 0.3) is 0 Å². The first-order chi connectivity index (χ1) is 14.6. The van der Waals surface area contributed by atoms with Crippen LogP contribution in [0.5, 0.6) is 0 Å². The molecule has 2 aliphatic rings. The zero-order valence-electron chi connectivity index (χ0n) is 18.0. The number of halogens is 3. The summed E-state index contributed by atoms with van der Waals surface area (Å²) in [6.45, 7) is 7.89. The SMILES string of the molecule is Cc1ccc(N2CCN3c4ccc(C(F)(F)F)cc4CC(C(=O)NC(C)C)C3C2)cc1. The van der Waals surface area contributed by atoms with Crippen molar-refractivity contribution in [2.24, 2.45) is 5.92 Å². The molecule has 2 unspecified atom stereocenters. The normalized spacial score (nSPS) is 21.0. The van der Waals surface area contributed by atoms with Crippen LogP contribution in [0.3, 0.4) is 0 Å². The van der Waals surface area contributed by atoms with Crippen LogP contribution in [0.4, 0.5) is 24.5 Å². The lowest BCUT2D eigenvalue weighted by Gasteiger charge is -2.50. The van der Waals surface area contributed by atoms with Crippen LogP contribution in [0.25, 0.3) is 0 Å². The molecule has 0 bridgehead atoms. The van der Waals surface area contributed by atoms with Crippen LogP contribution in [0.15, 0.2) is 42.5 Å². The van der Waals surface area contributed by atoms with Crippen molar-refractivity contribution in [1.29, 1.82) is 0 Å². The molecule has 0 spiro atoms. The minimum Gasteiger partial charge on any atom is -0.368 e. The molecule has 0 aliphatic carbocycles. The number of alkyl halides is 3. The Kier molecular flexibility index (Phi) is 5.62. The Bertz CT molecular complexity index is 956. The molecule has 2 aromatic carbocycles. The predicted octanol–water partition coefficient (Wildman–Crippen LogP) is 4.41. The van der Waals surface area contributed by atoms with Crippen LogP contribution in [-0.2, 0) is 17.4 Å². The molecule has 2 heterocycles. The van der Waals surface area contributed by atoms with Gasteiger partial charge in [-0.25, -0.2) is 0 Å². The van der Waals surface area contributed by atoms with E-state index in [1.807, 2.05) is 20.8 Å². The van der Waals surface area contributed by atoms with Gasteiger partial charge in [0.1, 0.15) is 0 Å². The van der Waals surface area contributed by atoms with Gasteiger partial charge in [0.05, 0.1) is 17.5 Å². The van der Waals surface area contributed by atoms with Gasteiger partial charge in [-0.1, -0.05) is 17.7 Å². The van der Waals surface area contributed by atoms with E-state index < -0.39 is 17.7 Å². The van der Waals surface area contributed by atoms with E-state index in [1.165, 1.54) is 11.6 Å². The molecule has 1 saturated heterocycles. The topological polar surface area (TPSA) is 35.6 Å². The quantitative estimate of drug-likeness (QED) is 0.782. The molecule has 0 radical (unpaired) electrons. The molecule has 2 atom stereocenters. The number of piperazine rings is 1. The molecule has 4 rings (SSSR count). The average Bonchev–Trinajstić information content (AvgIpc) is 2.71. The first-order valence-electron chi connectivity index (χ1n) is 10.7. The van der Waals surface area contributed by atoms with Crippen LogP contribution >= 0.6 is 0 Å². The Morgan fingerprint density at radius 3 is 2.45 bits per heavy atom. The highest BCUT2D eigenvalue weighted by Gasteiger charge is 2.42. The number of amides is 1. The summed E-state index contributed by atoms with van der Waals surface area (Å²) in [4.78, 5) is 17.5. The molecule has 0 aromatic heterocycles. The predicted molar refractivity (Wildman–Crippen MR) is 116 cm³/mol. The van der Waals surface area contributed by atoms with Crippen molar-refractivity contribution in [3.63, 3.8) is 0 Å². The number of fused-ring (bicyclic) bond motifs is 3. The van der Waals surface area contributed by atoms with Crippen molar-refractivity contribution < 1.29 is 18.0 Å². The van der Waals surface area contributed by atoms with E-state index in [2.05, 4.69) is 39.4 Å². The van der Waals surface area contributed by atoms with Crippen molar-refractivity contribution >= 4 is 17.3 Å². The highest BCUT2D eigenvalue weighted by Crippen LogP contribution is 2.40. The first-order valence-corrected chi connectivity index (χ1v) is 10.7. The number of rotatable bonds is 3. The maximum atomic E-state index is 13.3. The molecule has 166 valence electrons. The van der Waals surface area contributed by atoms with Crippen LogP contribution in [0, 0.1) is 12.8 Å². The Hall–Kier alpha value is -2.70. The van der Waals surface area contributed by atoms with Gasteiger partial charge in [-0.3, -0.25) is 4.79 Å². The Balaban J connectivity index is 1.68. The standard InChI is InChI=1S/C24H28F3N3O/c1-15(2)28-23(31)20-13-17-12-18(24(25,26)27)6-9-21(17)30-11-10-29(14-22(20)30)19-7-4-16(3)5-8-19/h4-9,12,15,20,22H,10-11,13-14H2,1-3H3,(H,28,31). The fraction of sp³-hybridized carbons (Fsp3) is 0.458. The summed E-state index contributed by atoms with van der Waals surface area (Å²) in [6.07, 6.45) is -4.09. The number of benzene rings is 2.